The van der Waals surface area contributed by atoms with Gasteiger partial charge < -0.3 is 14.0 Å². The summed E-state index contributed by atoms with van der Waals surface area (Å²) in [5, 5.41) is 5.06. The summed E-state index contributed by atoms with van der Waals surface area (Å²) in [7, 11) is 0. The molecule has 0 saturated heterocycles. The van der Waals surface area contributed by atoms with Crippen molar-refractivity contribution in [3.05, 3.63) is 64.0 Å². The third-order valence-electron chi connectivity index (χ3n) is 4.15. The van der Waals surface area contributed by atoms with E-state index in [4.69, 9.17) is 37.2 Å². The summed E-state index contributed by atoms with van der Waals surface area (Å²) in [5.74, 6) is 0.535. The molecule has 6 nitrogen and oxygen atoms in total. The third-order valence-corrected chi connectivity index (χ3v) is 4.62. The van der Waals surface area contributed by atoms with Crippen LogP contribution in [0.15, 0.2) is 47.0 Å². The number of benzene rings is 2. The highest BCUT2D eigenvalue weighted by Gasteiger charge is 2.28. The van der Waals surface area contributed by atoms with Gasteiger partial charge in [0, 0.05) is 15.6 Å². The van der Waals surface area contributed by atoms with E-state index in [0.717, 1.165) is 16.9 Å². The molecule has 4 rings (SSSR count). The van der Waals surface area contributed by atoms with Crippen LogP contribution in [-0.4, -0.2) is 22.7 Å². The number of halogens is 2. The van der Waals surface area contributed by atoms with E-state index < -0.39 is 5.92 Å². The Balaban J connectivity index is 1.37. The summed E-state index contributed by atoms with van der Waals surface area (Å²) in [6.07, 6.45) is 0.506. The monoisotopic (exact) mass is 404 g/mol. The number of esters is 1. The number of nitrogens with zero attached hydrogens (tertiary/aromatic N) is 2. The number of ether oxygens (including phenoxy) is 2. The molecular weight excluding hydrogens is 391 g/mol. The van der Waals surface area contributed by atoms with Gasteiger partial charge in [0.2, 0.25) is 5.82 Å². The normalized spacial score (nSPS) is 15.7. The highest BCUT2D eigenvalue weighted by atomic mass is 35.5. The molecule has 0 saturated carbocycles. The van der Waals surface area contributed by atoms with Crippen LogP contribution in [-0.2, 0) is 22.6 Å². The summed E-state index contributed by atoms with van der Waals surface area (Å²) >= 11 is 12.0. The predicted molar refractivity (Wildman–Crippen MR) is 98.7 cm³/mol. The van der Waals surface area contributed by atoms with Gasteiger partial charge in [-0.2, -0.15) is 4.98 Å². The second kappa shape index (κ2) is 7.58. The van der Waals surface area contributed by atoms with Crippen LogP contribution >= 0.6 is 23.2 Å². The lowest BCUT2D eigenvalue weighted by atomic mass is 9.97. The van der Waals surface area contributed by atoms with Crippen molar-refractivity contribution in [1.29, 1.82) is 0 Å². The summed E-state index contributed by atoms with van der Waals surface area (Å²) in [6.45, 7) is 0.149. The van der Waals surface area contributed by atoms with Gasteiger partial charge in [-0.15, -0.1) is 0 Å². The van der Waals surface area contributed by atoms with Gasteiger partial charge >= 0.3 is 5.97 Å². The van der Waals surface area contributed by atoms with Crippen molar-refractivity contribution in [1.82, 2.24) is 10.1 Å². The number of hydrogen-bond donors (Lipinski definition) is 0. The highest BCUT2D eigenvalue weighted by molar-refractivity contribution is 6.31. The zero-order valence-corrected chi connectivity index (χ0v) is 15.5. The van der Waals surface area contributed by atoms with Crippen LogP contribution in [0.2, 0.25) is 10.0 Å². The van der Waals surface area contributed by atoms with Gasteiger partial charge in [0.05, 0.1) is 5.92 Å². The van der Waals surface area contributed by atoms with E-state index in [1.165, 1.54) is 0 Å². The highest BCUT2D eigenvalue weighted by Crippen LogP contribution is 2.30. The lowest BCUT2D eigenvalue weighted by Crippen LogP contribution is -2.29. The van der Waals surface area contributed by atoms with Crippen molar-refractivity contribution < 1.29 is 18.8 Å². The van der Waals surface area contributed by atoms with Crippen molar-refractivity contribution >= 4 is 29.2 Å². The molecule has 138 valence electrons. The SMILES string of the molecule is O=C(OCc1nc(-c2cccc(Cl)c2)no1)[C@H]1COc2ccc(Cl)cc2C1. The predicted octanol–water partition coefficient (Wildman–Crippen LogP) is 4.34. The van der Waals surface area contributed by atoms with Gasteiger partial charge in [-0.1, -0.05) is 40.5 Å². The number of aromatic nitrogens is 2. The smallest absolute Gasteiger partial charge is 0.313 e. The second-order valence-corrected chi connectivity index (χ2v) is 6.97. The summed E-state index contributed by atoms with van der Waals surface area (Å²) in [6, 6.07) is 12.4. The molecule has 1 aromatic heterocycles. The molecule has 27 heavy (non-hydrogen) atoms. The molecule has 0 aliphatic carbocycles. The molecule has 0 bridgehead atoms. The maximum atomic E-state index is 12.3. The lowest BCUT2D eigenvalue weighted by Gasteiger charge is -2.23. The van der Waals surface area contributed by atoms with Gasteiger partial charge in [0.15, 0.2) is 6.61 Å². The molecule has 0 radical (unpaired) electrons. The van der Waals surface area contributed by atoms with Crippen LogP contribution in [0.1, 0.15) is 11.5 Å². The molecule has 0 spiro atoms. The van der Waals surface area contributed by atoms with E-state index in [2.05, 4.69) is 10.1 Å². The van der Waals surface area contributed by atoms with Crippen LogP contribution in [0.4, 0.5) is 0 Å². The molecule has 1 atom stereocenters. The quantitative estimate of drug-likeness (QED) is 0.602. The average Bonchev–Trinajstić information content (AvgIpc) is 3.14. The topological polar surface area (TPSA) is 74.5 Å². The summed E-state index contributed by atoms with van der Waals surface area (Å²) in [5.41, 5.74) is 1.61. The van der Waals surface area contributed by atoms with Gasteiger partial charge in [-0.25, -0.2) is 0 Å². The standard InChI is InChI=1S/C19H14Cl2N2O4/c20-14-3-1-2-11(7-14)18-22-17(27-23-18)10-26-19(24)13-6-12-8-15(21)4-5-16(12)25-9-13/h1-5,7-8,13H,6,9-10H2/t13-/m1/s1. The van der Waals surface area contributed by atoms with Crippen LogP contribution in [0.25, 0.3) is 11.4 Å². The Morgan fingerprint density at radius 3 is 2.89 bits per heavy atom. The Bertz CT molecular complexity index is 989. The van der Waals surface area contributed by atoms with Crippen LogP contribution in [0.5, 0.6) is 5.75 Å². The largest absolute Gasteiger partial charge is 0.492 e. The van der Waals surface area contributed by atoms with Crippen molar-refractivity contribution in [3.63, 3.8) is 0 Å². The molecule has 2 heterocycles. The number of hydrogen-bond acceptors (Lipinski definition) is 6. The van der Waals surface area contributed by atoms with Gasteiger partial charge in [0.25, 0.3) is 5.89 Å². The fourth-order valence-corrected chi connectivity index (χ4v) is 3.21. The van der Waals surface area contributed by atoms with Crippen molar-refractivity contribution in [2.45, 2.75) is 13.0 Å². The van der Waals surface area contributed by atoms with E-state index >= 15 is 0 Å². The summed E-state index contributed by atoms with van der Waals surface area (Å²) in [4.78, 5) is 16.6. The third kappa shape index (κ3) is 4.07. The molecule has 0 fully saturated rings. The fourth-order valence-electron chi connectivity index (χ4n) is 2.82. The minimum atomic E-state index is -0.411. The van der Waals surface area contributed by atoms with Crippen LogP contribution in [0.3, 0.4) is 0 Å². The first-order valence-corrected chi connectivity index (χ1v) is 9.00. The van der Waals surface area contributed by atoms with E-state index in [1.54, 1.807) is 36.4 Å². The molecule has 8 heteroatoms. The maximum absolute atomic E-state index is 12.3. The molecule has 2 aromatic carbocycles. The molecule has 0 N–H and O–H groups in total. The zero-order chi connectivity index (χ0) is 18.8. The Morgan fingerprint density at radius 1 is 1.19 bits per heavy atom. The molecule has 0 unspecified atom stereocenters. The van der Waals surface area contributed by atoms with Crippen LogP contribution in [0, 0.1) is 5.92 Å². The van der Waals surface area contributed by atoms with Gasteiger partial charge in [0.1, 0.15) is 12.4 Å². The minimum absolute atomic E-state index is 0.106. The van der Waals surface area contributed by atoms with Crippen molar-refractivity contribution in [2.75, 3.05) is 6.61 Å². The van der Waals surface area contributed by atoms with E-state index in [9.17, 15) is 4.79 Å². The Hall–Kier alpha value is -2.57. The van der Waals surface area contributed by atoms with Crippen molar-refractivity contribution in [2.24, 2.45) is 5.92 Å². The Labute approximate surface area is 165 Å². The maximum Gasteiger partial charge on any atom is 0.313 e. The number of rotatable bonds is 4. The first kappa shape index (κ1) is 17.8. The van der Waals surface area contributed by atoms with Crippen molar-refractivity contribution in [3.8, 4) is 17.1 Å². The molecule has 3 aromatic rings. The summed E-state index contributed by atoms with van der Waals surface area (Å²) < 4.78 is 16.1. The van der Waals surface area contributed by atoms with Gasteiger partial charge in [-0.05, 0) is 42.3 Å². The molecule has 0 amide bonds. The second-order valence-electron chi connectivity index (χ2n) is 6.09. The van der Waals surface area contributed by atoms with Crippen LogP contribution < -0.4 is 4.74 Å². The lowest BCUT2D eigenvalue weighted by molar-refractivity contribution is -0.152. The first-order valence-electron chi connectivity index (χ1n) is 8.25. The number of carbonyl (C=O) groups is 1. The average molecular weight is 405 g/mol. The zero-order valence-electron chi connectivity index (χ0n) is 14.0. The van der Waals surface area contributed by atoms with Gasteiger partial charge in [-0.3, -0.25) is 4.79 Å². The van der Waals surface area contributed by atoms with E-state index in [1.807, 2.05) is 6.07 Å². The van der Waals surface area contributed by atoms with E-state index in [-0.39, 0.29) is 25.1 Å². The fraction of sp³-hybridized carbons (Fsp3) is 0.211. The minimum Gasteiger partial charge on any atom is -0.492 e. The Kier molecular flexibility index (Phi) is 5.01. The van der Waals surface area contributed by atoms with E-state index in [0.29, 0.717) is 22.3 Å². The number of fused-ring (bicyclic) bond motifs is 1. The first-order chi connectivity index (χ1) is 13.1. The Morgan fingerprint density at radius 2 is 2.04 bits per heavy atom. The number of carbonyl (C=O) groups excluding carboxylic acids is 1. The molecule has 1 aliphatic heterocycles. The molecule has 1 aliphatic rings. The molecular formula is C19H14Cl2N2O4.